The molecule has 0 heterocycles. The van der Waals surface area contributed by atoms with E-state index in [2.05, 4.69) is 29.8 Å². The molecule has 0 aliphatic rings. The fraction of sp³-hybridized carbons (Fsp3) is 0.370. The lowest BCUT2D eigenvalue weighted by atomic mass is 10.0. The number of alkyl carbamates (subject to hydrolysis) is 1. The van der Waals surface area contributed by atoms with Crippen molar-refractivity contribution < 1.29 is 24.2 Å². The summed E-state index contributed by atoms with van der Waals surface area (Å²) in [6.45, 7) is 12.6. The number of carbonyl (C=O) groups is 3. The average molecular weight is 514 g/mol. The summed E-state index contributed by atoms with van der Waals surface area (Å²) in [4.78, 5) is 41.1. The van der Waals surface area contributed by atoms with E-state index in [1.165, 1.54) is 23.1 Å². The molecule has 2 aromatic carbocycles. The highest BCUT2D eigenvalue weighted by atomic mass is 32.1. The van der Waals surface area contributed by atoms with Gasteiger partial charge in [0.25, 0.3) is 5.91 Å². The first-order chi connectivity index (χ1) is 16.9. The first-order valence-corrected chi connectivity index (χ1v) is 12.2. The minimum Gasteiger partial charge on any atom is -0.508 e. The number of para-hydroxylation sites is 1. The largest absolute Gasteiger partial charge is 0.508 e. The molecular weight excluding hydrogens is 478 g/mol. The number of rotatable bonds is 9. The molecule has 0 aromatic heterocycles. The number of phenols is 1. The van der Waals surface area contributed by atoms with Gasteiger partial charge in [0.1, 0.15) is 23.4 Å². The van der Waals surface area contributed by atoms with Crippen LogP contribution in [0.25, 0.3) is 0 Å². The number of phenolic OH excluding ortho intramolecular Hbond substituents is 1. The predicted molar refractivity (Wildman–Crippen MR) is 144 cm³/mol. The molecule has 0 saturated carbocycles. The highest BCUT2D eigenvalue weighted by Gasteiger charge is 2.35. The number of benzene rings is 2. The van der Waals surface area contributed by atoms with Crippen LogP contribution in [0.15, 0.2) is 55.1 Å². The number of hydrogen-bond donors (Lipinski definition) is 4. The normalized spacial score (nSPS) is 12.7. The van der Waals surface area contributed by atoms with E-state index >= 15 is 0 Å². The smallest absolute Gasteiger partial charge is 0.408 e. The number of aromatic hydroxyl groups is 1. The molecule has 0 fully saturated rings. The van der Waals surface area contributed by atoms with E-state index in [0.717, 1.165) is 11.1 Å². The Balaban J connectivity index is 2.49. The van der Waals surface area contributed by atoms with Gasteiger partial charge in [0.05, 0.1) is 0 Å². The molecule has 194 valence electrons. The standard InChI is InChI=1S/C27H35N3O5S/c1-7-14-30(25(33)21(16-36)28-26(34)35-27(4,5)6)23(19-12-9-13-20(31)15-19)24(32)29-22-17(2)10-8-11-18(22)3/h7-13,15,21,23,31,36H,1,14,16H2,2-6H3,(H,28,34)(H,29,32). The van der Waals surface area contributed by atoms with Crippen molar-refractivity contribution in [3.8, 4) is 5.75 Å². The van der Waals surface area contributed by atoms with Crippen LogP contribution in [-0.4, -0.2) is 51.9 Å². The molecule has 3 N–H and O–H groups in total. The molecule has 2 aromatic rings. The molecule has 0 spiro atoms. The first kappa shape index (κ1) is 28.8. The Morgan fingerprint density at radius 2 is 1.75 bits per heavy atom. The van der Waals surface area contributed by atoms with Gasteiger partial charge < -0.3 is 25.4 Å². The average Bonchev–Trinajstić information content (AvgIpc) is 2.78. The zero-order chi connectivity index (χ0) is 27.0. The maximum Gasteiger partial charge on any atom is 0.408 e. The van der Waals surface area contributed by atoms with Gasteiger partial charge in [-0.25, -0.2) is 4.79 Å². The quantitative estimate of drug-likeness (QED) is 0.291. The third-order valence-electron chi connectivity index (χ3n) is 5.26. The summed E-state index contributed by atoms with van der Waals surface area (Å²) in [6.07, 6.45) is 0.714. The van der Waals surface area contributed by atoms with E-state index in [1.807, 2.05) is 32.0 Å². The Morgan fingerprint density at radius 1 is 1.14 bits per heavy atom. The van der Waals surface area contributed by atoms with Gasteiger partial charge in [-0.2, -0.15) is 12.6 Å². The molecule has 9 heteroatoms. The molecule has 0 radical (unpaired) electrons. The van der Waals surface area contributed by atoms with Crippen molar-refractivity contribution in [2.24, 2.45) is 0 Å². The molecule has 2 unspecified atom stereocenters. The third kappa shape index (κ3) is 7.78. The first-order valence-electron chi connectivity index (χ1n) is 11.6. The van der Waals surface area contributed by atoms with E-state index < -0.39 is 35.6 Å². The maximum atomic E-state index is 13.7. The summed E-state index contributed by atoms with van der Waals surface area (Å²) in [6, 6.07) is 9.57. The van der Waals surface area contributed by atoms with Crippen molar-refractivity contribution in [1.29, 1.82) is 0 Å². The fourth-order valence-corrected chi connectivity index (χ4v) is 3.92. The van der Waals surface area contributed by atoms with E-state index in [0.29, 0.717) is 11.3 Å². The number of anilines is 1. The minimum atomic E-state index is -1.13. The van der Waals surface area contributed by atoms with Gasteiger partial charge in [0.2, 0.25) is 5.91 Å². The predicted octanol–water partition coefficient (Wildman–Crippen LogP) is 4.53. The maximum absolute atomic E-state index is 13.7. The van der Waals surface area contributed by atoms with Gasteiger partial charge in [0, 0.05) is 18.0 Å². The number of aryl methyl sites for hydroxylation is 2. The fourth-order valence-electron chi connectivity index (χ4n) is 3.67. The lowest BCUT2D eigenvalue weighted by molar-refractivity contribution is -0.139. The van der Waals surface area contributed by atoms with E-state index in [1.54, 1.807) is 32.9 Å². The van der Waals surface area contributed by atoms with Crippen molar-refractivity contribution in [2.75, 3.05) is 17.6 Å². The molecule has 2 rings (SSSR count). The molecule has 0 bridgehead atoms. The summed E-state index contributed by atoms with van der Waals surface area (Å²) < 4.78 is 5.29. The number of nitrogens with one attached hydrogen (secondary N) is 2. The third-order valence-corrected chi connectivity index (χ3v) is 5.62. The van der Waals surface area contributed by atoms with Gasteiger partial charge in [-0.05, 0) is 63.4 Å². The molecule has 8 nitrogen and oxygen atoms in total. The summed E-state index contributed by atoms with van der Waals surface area (Å²) in [5.41, 5.74) is 1.99. The van der Waals surface area contributed by atoms with Crippen LogP contribution < -0.4 is 10.6 Å². The molecule has 0 saturated heterocycles. The molecule has 36 heavy (non-hydrogen) atoms. The van der Waals surface area contributed by atoms with Crippen LogP contribution >= 0.6 is 12.6 Å². The van der Waals surface area contributed by atoms with Gasteiger partial charge in [-0.1, -0.05) is 36.4 Å². The zero-order valence-corrected chi connectivity index (χ0v) is 22.3. The number of hydrogen-bond acceptors (Lipinski definition) is 6. The van der Waals surface area contributed by atoms with Crippen molar-refractivity contribution in [3.05, 3.63) is 71.8 Å². The number of thiol groups is 1. The topological polar surface area (TPSA) is 108 Å². The van der Waals surface area contributed by atoms with Crippen molar-refractivity contribution >= 4 is 36.2 Å². The van der Waals surface area contributed by atoms with Crippen LogP contribution in [0.4, 0.5) is 10.5 Å². The number of ether oxygens (including phenoxy) is 1. The Kier molecular flexibility index (Phi) is 9.98. The highest BCUT2D eigenvalue weighted by molar-refractivity contribution is 7.80. The molecule has 3 amide bonds. The second kappa shape index (κ2) is 12.5. The van der Waals surface area contributed by atoms with Crippen LogP contribution in [0.2, 0.25) is 0 Å². The van der Waals surface area contributed by atoms with Crippen LogP contribution in [-0.2, 0) is 14.3 Å². The number of amides is 3. The van der Waals surface area contributed by atoms with Crippen LogP contribution in [0.3, 0.4) is 0 Å². The van der Waals surface area contributed by atoms with Gasteiger partial charge >= 0.3 is 6.09 Å². The van der Waals surface area contributed by atoms with Crippen LogP contribution in [0, 0.1) is 13.8 Å². The second-order valence-electron chi connectivity index (χ2n) is 9.41. The summed E-state index contributed by atoms with van der Waals surface area (Å²) in [7, 11) is 0. The van der Waals surface area contributed by atoms with Crippen LogP contribution in [0.5, 0.6) is 5.75 Å². The molecule has 0 aliphatic carbocycles. The van der Waals surface area contributed by atoms with Gasteiger partial charge in [0.15, 0.2) is 0 Å². The number of nitrogens with zero attached hydrogens (tertiary/aromatic N) is 1. The van der Waals surface area contributed by atoms with Crippen LogP contribution in [0.1, 0.15) is 43.5 Å². The van der Waals surface area contributed by atoms with Gasteiger partial charge in [-0.15, -0.1) is 6.58 Å². The monoisotopic (exact) mass is 513 g/mol. The lowest BCUT2D eigenvalue weighted by Gasteiger charge is -2.33. The second-order valence-corrected chi connectivity index (χ2v) is 9.78. The number of carbonyl (C=O) groups excluding carboxylic acids is 3. The minimum absolute atomic E-state index is 0.000390. The Bertz CT molecular complexity index is 1090. The summed E-state index contributed by atoms with van der Waals surface area (Å²) in [5, 5.41) is 15.6. The SMILES string of the molecule is C=CCN(C(=O)C(CS)NC(=O)OC(C)(C)C)C(C(=O)Nc1c(C)cccc1C)c1cccc(O)c1. The summed E-state index contributed by atoms with van der Waals surface area (Å²) in [5.74, 6) is -1.12. The van der Waals surface area contributed by atoms with Crippen molar-refractivity contribution in [1.82, 2.24) is 10.2 Å². The van der Waals surface area contributed by atoms with E-state index in [-0.39, 0.29) is 18.0 Å². The Labute approximate surface area is 218 Å². The van der Waals surface area contributed by atoms with Gasteiger partial charge in [-0.3, -0.25) is 9.59 Å². The van der Waals surface area contributed by atoms with E-state index in [4.69, 9.17) is 4.74 Å². The van der Waals surface area contributed by atoms with E-state index in [9.17, 15) is 19.5 Å². The summed E-state index contributed by atoms with van der Waals surface area (Å²) >= 11 is 4.25. The highest BCUT2D eigenvalue weighted by Crippen LogP contribution is 2.28. The molecular formula is C27H35N3O5S. The zero-order valence-electron chi connectivity index (χ0n) is 21.4. The van der Waals surface area contributed by atoms with Crippen molar-refractivity contribution in [2.45, 2.75) is 52.3 Å². The molecule has 2 atom stereocenters. The Morgan fingerprint density at radius 3 is 2.28 bits per heavy atom. The van der Waals surface area contributed by atoms with Crippen molar-refractivity contribution in [3.63, 3.8) is 0 Å². The molecule has 0 aliphatic heterocycles. The lowest BCUT2D eigenvalue weighted by Crippen LogP contribution is -2.53. The Hall–Kier alpha value is -3.46.